The Kier molecular flexibility index (Phi) is 2.72. The fourth-order valence-corrected chi connectivity index (χ4v) is 0.824. The lowest BCUT2D eigenvalue weighted by Crippen LogP contribution is -2.21. The molecule has 60 valence electrons. The Bertz CT molecular complexity index is 206. The third kappa shape index (κ3) is 1.83. The van der Waals surface area contributed by atoms with Gasteiger partial charge >= 0.3 is 0 Å². The lowest BCUT2D eigenvalue weighted by atomic mass is 10.4. The Morgan fingerprint density at radius 2 is 2.18 bits per heavy atom. The first-order valence-corrected chi connectivity index (χ1v) is 3.44. The van der Waals surface area contributed by atoms with Gasteiger partial charge < -0.3 is 9.47 Å². The van der Waals surface area contributed by atoms with E-state index in [0.717, 1.165) is 0 Å². The van der Waals surface area contributed by atoms with E-state index >= 15 is 0 Å². The molecule has 3 nitrogen and oxygen atoms in total. The highest BCUT2D eigenvalue weighted by atomic mass is 16.6. The van der Waals surface area contributed by atoms with Crippen molar-refractivity contribution in [3.8, 4) is 0 Å². The van der Waals surface area contributed by atoms with Crippen molar-refractivity contribution in [3.05, 3.63) is 24.5 Å². The number of ether oxygens (including phenoxy) is 2. The molecule has 0 saturated carbocycles. The standard InChI is InChI=1S/C8H11NO2/c1-3-4-7-8(9-2)11-6-5-10-7/h3-4H,1,5-6H2,2H3/b7-4+,9-8?. The smallest absolute Gasteiger partial charge is 0.252 e. The molecule has 1 fully saturated rings. The lowest BCUT2D eigenvalue weighted by molar-refractivity contribution is 0.117. The molecule has 0 aliphatic carbocycles. The third-order valence-electron chi connectivity index (χ3n) is 1.26. The summed E-state index contributed by atoms with van der Waals surface area (Å²) in [5, 5.41) is 0. The van der Waals surface area contributed by atoms with Crippen LogP contribution in [0.1, 0.15) is 0 Å². The summed E-state index contributed by atoms with van der Waals surface area (Å²) in [4.78, 5) is 3.90. The van der Waals surface area contributed by atoms with Crippen LogP contribution in [0.2, 0.25) is 0 Å². The molecule has 0 spiro atoms. The van der Waals surface area contributed by atoms with Crippen molar-refractivity contribution >= 4 is 5.90 Å². The normalized spacial score (nSPS) is 24.5. The quantitative estimate of drug-likeness (QED) is 0.565. The fraction of sp³-hybridized carbons (Fsp3) is 0.375. The van der Waals surface area contributed by atoms with E-state index in [4.69, 9.17) is 9.47 Å². The van der Waals surface area contributed by atoms with Gasteiger partial charge in [0.25, 0.3) is 5.90 Å². The van der Waals surface area contributed by atoms with E-state index in [2.05, 4.69) is 11.6 Å². The maximum absolute atomic E-state index is 5.26. The summed E-state index contributed by atoms with van der Waals surface area (Å²) in [5.74, 6) is 1.21. The van der Waals surface area contributed by atoms with Crippen molar-refractivity contribution in [3.63, 3.8) is 0 Å². The van der Waals surface area contributed by atoms with Crippen LogP contribution < -0.4 is 0 Å². The Balaban J connectivity index is 2.74. The Labute approximate surface area is 66.0 Å². The van der Waals surface area contributed by atoms with Crippen LogP contribution in [0.4, 0.5) is 0 Å². The van der Waals surface area contributed by atoms with Crippen LogP contribution in [0.15, 0.2) is 29.5 Å². The van der Waals surface area contributed by atoms with Crippen LogP contribution in [0.3, 0.4) is 0 Å². The van der Waals surface area contributed by atoms with Crippen LogP contribution in [0.25, 0.3) is 0 Å². The van der Waals surface area contributed by atoms with Crippen molar-refractivity contribution in [2.24, 2.45) is 4.99 Å². The minimum atomic E-state index is 0.552. The maximum atomic E-state index is 5.26. The zero-order valence-corrected chi connectivity index (χ0v) is 6.54. The molecule has 3 heteroatoms. The highest BCUT2D eigenvalue weighted by Crippen LogP contribution is 2.07. The molecule has 0 radical (unpaired) electrons. The average molecular weight is 153 g/mol. The van der Waals surface area contributed by atoms with Gasteiger partial charge in [0.15, 0.2) is 5.76 Å². The average Bonchev–Trinajstić information content (AvgIpc) is 2.06. The highest BCUT2D eigenvalue weighted by Gasteiger charge is 2.13. The topological polar surface area (TPSA) is 30.8 Å². The minimum absolute atomic E-state index is 0.552. The summed E-state index contributed by atoms with van der Waals surface area (Å²) >= 11 is 0. The number of nitrogens with zero attached hydrogens (tertiary/aromatic N) is 1. The van der Waals surface area contributed by atoms with Gasteiger partial charge in [0.2, 0.25) is 0 Å². The molecule has 0 atom stereocenters. The second kappa shape index (κ2) is 3.81. The number of rotatable bonds is 1. The van der Waals surface area contributed by atoms with Crippen molar-refractivity contribution in [2.45, 2.75) is 0 Å². The number of aliphatic imine (C=N–C) groups is 1. The van der Waals surface area contributed by atoms with E-state index in [1.165, 1.54) is 0 Å². The van der Waals surface area contributed by atoms with Crippen molar-refractivity contribution in [1.29, 1.82) is 0 Å². The zero-order chi connectivity index (χ0) is 8.10. The first-order valence-electron chi connectivity index (χ1n) is 3.44. The van der Waals surface area contributed by atoms with Gasteiger partial charge in [-0.15, -0.1) is 0 Å². The van der Waals surface area contributed by atoms with Crippen molar-refractivity contribution in [1.82, 2.24) is 0 Å². The Hall–Kier alpha value is -1.25. The molecule has 0 amide bonds. The molecule has 0 aromatic carbocycles. The first-order chi connectivity index (χ1) is 5.38. The first kappa shape index (κ1) is 7.85. The summed E-state index contributed by atoms with van der Waals surface area (Å²) in [5.41, 5.74) is 0. The largest absolute Gasteiger partial charge is 0.484 e. The molecule has 1 aliphatic heterocycles. The molecular formula is C8H11NO2. The van der Waals surface area contributed by atoms with E-state index in [9.17, 15) is 0 Å². The van der Waals surface area contributed by atoms with Gasteiger partial charge in [-0.3, -0.25) is 4.99 Å². The summed E-state index contributed by atoms with van der Waals surface area (Å²) in [6.45, 7) is 4.71. The van der Waals surface area contributed by atoms with Gasteiger partial charge in [-0.1, -0.05) is 12.7 Å². The lowest BCUT2D eigenvalue weighted by Gasteiger charge is -2.18. The van der Waals surface area contributed by atoms with Crippen molar-refractivity contribution in [2.75, 3.05) is 20.3 Å². The predicted octanol–water partition coefficient (Wildman–Crippen LogP) is 1.13. The van der Waals surface area contributed by atoms with Gasteiger partial charge in [-0.2, -0.15) is 0 Å². The third-order valence-corrected chi connectivity index (χ3v) is 1.26. The molecule has 11 heavy (non-hydrogen) atoms. The molecule has 1 aliphatic rings. The highest BCUT2D eigenvalue weighted by molar-refractivity contribution is 5.92. The van der Waals surface area contributed by atoms with Crippen molar-refractivity contribution < 1.29 is 9.47 Å². The Morgan fingerprint density at radius 1 is 1.45 bits per heavy atom. The maximum Gasteiger partial charge on any atom is 0.252 e. The van der Waals surface area contributed by atoms with Gasteiger partial charge in [0.1, 0.15) is 13.2 Å². The molecule has 1 heterocycles. The molecule has 0 aromatic rings. The van der Waals surface area contributed by atoms with Gasteiger partial charge in [-0.05, 0) is 6.08 Å². The molecule has 1 saturated heterocycles. The summed E-state index contributed by atoms with van der Waals surface area (Å²) in [6.07, 6.45) is 3.39. The fourth-order valence-electron chi connectivity index (χ4n) is 0.824. The molecule has 0 unspecified atom stereocenters. The van der Waals surface area contributed by atoms with E-state index in [1.54, 1.807) is 19.2 Å². The number of hydrogen-bond donors (Lipinski definition) is 0. The van der Waals surface area contributed by atoms with Crippen LogP contribution in [-0.4, -0.2) is 26.2 Å². The van der Waals surface area contributed by atoms with Gasteiger partial charge in [0, 0.05) is 7.05 Å². The van der Waals surface area contributed by atoms with Gasteiger partial charge in [-0.25, -0.2) is 0 Å². The molecule has 1 rings (SSSR count). The molecule has 0 N–H and O–H groups in total. The SMILES string of the molecule is C=C/C=C1/OCCOC1=NC. The van der Waals surface area contributed by atoms with Crippen LogP contribution in [0.5, 0.6) is 0 Å². The molecule has 0 aromatic heterocycles. The second-order valence-electron chi connectivity index (χ2n) is 1.99. The van der Waals surface area contributed by atoms with Crippen LogP contribution in [0, 0.1) is 0 Å². The van der Waals surface area contributed by atoms with E-state index in [0.29, 0.717) is 24.9 Å². The minimum Gasteiger partial charge on any atom is -0.484 e. The summed E-state index contributed by atoms with van der Waals surface area (Å²) in [7, 11) is 1.67. The Morgan fingerprint density at radius 3 is 2.82 bits per heavy atom. The molecular weight excluding hydrogens is 142 g/mol. The van der Waals surface area contributed by atoms with E-state index < -0.39 is 0 Å². The predicted molar refractivity (Wildman–Crippen MR) is 43.5 cm³/mol. The second-order valence-corrected chi connectivity index (χ2v) is 1.99. The van der Waals surface area contributed by atoms with E-state index in [1.807, 2.05) is 0 Å². The van der Waals surface area contributed by atoms with Crippen LogP contribution in [-0.2, 0) is 9.47 Å². The summed E-state index contributed by atoms with van der Waals surface area (Å²) < 4.78 is 10.5. The monoisotopic (exact) mass is 153 g/mol. The number of allylic oxidation sites excluding steroid dienone is 2. The summed E-state index contributed by atoms with van der Waals surface area (Å²) in [6, 6.07) is 0. The number of hydrogen-bond acceptors (Lipinski definition) is 3. The zero-order valence-electron chi connectivity index (χ0n) is 6.54. The van der Waals surface area contributed by atoms with E-state index in [-0.39, 0.29) is 0 Å². The van der Waals surface area contributed by atoms with Gasteiger partial charge in [0.05, 0.1) is 0 Å². The molecule has 0 bridgehead atoms. The van der Waals surface area contributed by atoms with Crippen LogP contribution >= 0.6 is 0 Å².